The molecule has 154 valence electrons. The quantitative estimate of drug-likeness (QED) is 0.278. The van der Waals surface area contributed by atoms with Crippen molar-refractivity contribution in [3.8, 4) is 0 Å². The van der Waals surface area contributed by atoms with Crippen LogP contribution >= 0.6 is 11.6 Å². The maximum atomic E-state index is 13.0. The van der Waals surface area contributed by atoms with Crippen LogP contribution in [0.25, 0.3) is 0 Å². The van der Waals surface area contributed by atoms with E-state index >= 15 is 0 Å². The summed E-state index contributed by atoms with van der Waals surface area (Å²) in [5, 5.41) is 2.06. The van der Waals surface area contributed by atoms with Gasteiger partial charge in [-0.3, -0.25) is 0 Å². The minimum atomic E-state index is -4.61. The molecule has 0 atom stereocenters. The van der Waals surface area contributed by atoms with Gasteiger partial charge in [-0.05, 0) is 0 Å². The molecule has 0 bridgehead atoms. The molecule has 0 unspecified atom stereocenters. The molecule has 0 saturated heterocycles. The van der Waals surface area contributed by atoms with E-state index in [0.717, 1.165) is 16.0 Å². The molecule has 1 aromatic carbocycles. The fourth-order valence-electron chi connectivity index (χ4n) is 2.12. The average molecular weight is 587 g/mol. The number of allylic oxidation sites excluding steroid dienone is 2. The SMILES string of the molecule is CC=C(C(=O)Nc1ccc(Cl)c(C(F)(F)F)c1)C(=C[C](C)=[W])OCCN(C)C. The normalized spacial score (nSPS) is 12.9. The molecule has 4 nitrogen and oxygen atoms in total. The molecule has 0 fully saturated rings. The van der Waals surface area contributed by atoms with Gasteiger partial charge in [0, 0.05) is 0 Å². The fourth-order valence-corrected chi connectivity index (χ4v) is 2.73. The summed E-state index contributed by atoms with van der Waals surface area (Å²) in [7, 11) is 3.80. The molecule has 1 aromatic rings. The molecule has 1 N–H and O–H groups in total. The number of nitrogens with one attached hydrogen (secondary N) is 1. The third-order valence-corrected chi connectivity index (χ3v) is 4.21. The van der Waals surface area contributed by atoms with Gasteiger partial charge in [0.05, 0.1) is 0 Å². The van der Waals surface area contributed by atoms with Gasteiger partial charge in [-0.25, -0.2) is 0 Å². The zero-order valence-electron chi connectivity index (χ0n) is 16.0. The number of ether oxygens (including phenoxy) is 1. The number of rotatable bonds is 8. The third-order valence-electron chi connectivity index (χ3n) is 3.46. The first-order valence-electron chi connectivity index (χ1n) is 8.30. The molecule has 0 heterocycles. The Kier molecular flexibility index (Phi) is 9.61. The Morgan fingerprint density at radius 3 is 2.50 bits per heavy atom. The fraction of sp³-hybridized carbons (Fsp3) is 0.368. The summed E-state index contributed by atoms with van der Waals surface area (Å²) < 4.78 is 45.8. The minimum absolute atomic E-state index is 0.00320. The van der Waals surface area contributed by atoms with Gasteiger partial charge in [-0.2, -0.15) is 0 Å². The molecule has 9 heteroatoms. The molecular formula is C19H22ClF3N2O2W. The number of anilines is 1. The Morgan fingerprint density at radius 2 is 2.00 bits per heavy atom. The number of hydrogen-bond donors (Lipinski definition) is 1. The number of likely N-dealkylation sites (N-methyl/N-ethyl adjacent to an activating group) is 1. The predicted octanol–water partition coefficient (Wildman–Crippen LogP) is 4.44. The molecule has 0 saturated carbocycles. The summed E-state index contributed by atoms with van der Waals surface area (Å²) in [4.78, 5) is 14.6. The van der Waals surface area contributed by atoms with Crippen LogP contribution in [0.4, 0.5) is 18.9 Å². The van der Waals surface area contributed by atoms with Crippen molar-refractivity contribution in [3.63, 3.8) is 0 Å². The van der Waals surface area contributed by atoms with Crippen LogP contribution in [-0.2, 0) is 35.1 Å². The Balaban J connectivity index is 3.08. The monoisotopic (exact) mass is 586 g/mol. The number of alkyl halides is 3. The van der Waals surface area contributed by atoms with Gasteiger partial charge in [-0.1, -0.05) is 0 Å². The zero-order valence-corrected chi connectivity index (χ0v) is 19.7. The van der Waals surface area contributed by atoms with Gasteiger partial charge < -0.3 is 0 Å². The maximum absolute atomic E-state index is 13.0. The summed E-state index contributed by atoms with van der Waals surface area (Å²) in [6.07, 6.45) is -1.29. The molecule has 28 heavy (non-hydrogen) atoms. The van der Waals surface area contributed by atoms with Gasteiger partial charge in [0.15, 0.2) is 0 Å². The molecule has 0 aliphatic heterocycles. The van der Waals surface area contributed by atoms with Crippen LogP contribution in [0.2, 0.25) is 5.02 Å². The van der Waals surface area contributed by atoms with Crippen molar-refractivity contribution in [2.24, 2.45) is 0 Å². The molecular weight excluding hydrogens is 565 g/mol. The van der Waals surface area contributed by atoms with Crippen LogP contribution in [0, 0.1) is 0 Å². The van der Waals surface area contributed by atoms with Crippen LogP contribution in [0.5, 0.6) is 0 Å². The van der Waals surface area contributed by atoms with Crippen molar-refractivity contribution in [2.75, 3.05) is 32.6 Å². The second kappa shape index (κ2) is 10.9. The van der Waals surface area contributed by atoms with Gasteiger partial charge in [0.25, 0.3) is 0 Å². The van der Waals surface area contributed by atoms with E-state index in [1.165, 1.54) is 25.4 Å². The Morgan fingerprint density at radius 1 is 1.36 bits per heavy atom. The summed E-state index contributed by atoms with van der Waals surface area (Å²) in [6.45, 7) is 4.58. The van der Waals surface area contributed by atoms with Crippen LogP contribution in [0.1, 0.15) is 19.4 Å². The molecule has 0 aliphatic carbocycles. The number of nitrogens with zero attached hydrogens (tertiary/aromatic N) is 1. The van der Waals surface area contributed by atoms with E-state index in [9.17, 15) is 18.0 Å². The molecule has 0 radical (unpaired) electrons. The number of amides is 1. The molecule has 0 spiro atoms. The summed E-state index contributed by atoms with van der Waals surface area (Å²) in [5.41, 5.74) is -0.771. The molecule has 0 aliphatic rings. The van der Waals surface area contributed by atoms with Crippen LogP contribution in [0.3, 0.4) is 0 Å². The number of benzene rings is 1. The van der Waals surface area contributed by atoms with Crippen molar-refractivity contribution < 1.29 is 42.1 Å². The average Bonchev–Trinajstić information content (AvgIpc) is 2.55. The van der Waals surface area contributed by atoms with E-state index in [-0.39, 0.29) is 11.3 Å². The third kappa shape index (κ3) is 7.90. The van der Waals surface area contributed by atoms with E-state index in [2.05, 4.69) is 5.32 Å². The number of hydrogen-bond acceptors (Lipinski definition) is 3. The number of halogens is 4. The Bertz CT molecular complexity index is 790. The Labute approximate surface area is 178 Å². The van der Waals surface area contributed by atoms with Gasteiger partial charge in [0.2, 0.25) is 0 Å². The zero-order chi connectivity index (χ0) is 21.5. The standard InChI is InChI=1S/C19H22ClF3N2O2.W/c1-5-7-17(27-11-10-25(3)4)14(6-2)18(26)24-13-8-9-16(20)15(12-13)19(21,22)23;/h6-9,12H,10-11H2,1-4H3,(H,24,26);. The summed E-state index contributed by atoms with van der Waals surface area (Å²) in [5.74, 6) is -0.190. The first-order valence-corrected chi connectivity index (χ1v) is 10.1. The van der Waals surface area contributed by atoms with E-state index in [4.69, 9.17) is 16.3 Å². The Hall–Kier alpha value is -1.43. The van der Waals surface area contributed by atoms with Crippen LogP contribution in [-0.4, -0.2) is 42.0 Å². The molecule has 1 rings (SSSR count). The molecule has 1 amide bonds. The second-order valence-corrected chi connectivity index (χ2v) is 8.84. The number of carbonyl (C=O) groups is 1. The van der Waals surface area contributed by atoms with Crippen molar-refractivity contribution >= 4 is 27.1 Å². The van der Waals surface area contributed by atoms with E-state index in [1.807, 2.05) is 25.9 Å². The van der Waals surface area contributed by atoms with Crippen LogP contribution in [0.15, 0.2) is 41.7 Å². The second-order valence-electron chi connectivity index (χ2n) is 6.12. The summed E-state index contributed by atoms with van der Waals surface area (Å²) in [6, 6.07) is 3.23. The van der Waals surface area contributed by atoms with Crippen molar-refractivity contribution in [1.82, 2.24) is 4.90 Å². The van der Waals surface area contributed by atoms with E-state index < -0.39 is 22.7 Å². The van der Waals surface area contributed by atoms with Crippen LogP contribution < -0.4 is 5.32 Å². The van der Waals surface area contributed by atoms with Crippen molar-refractivity contribution in [2.45, 2.75) is 20.0 Å². The van der Waals surface area contributed by atoms with Gasteiger partial charge in [0.1, 0.15) is 0 Å². The topological polar surface area (TPSA) is 41.6 Å². The predicted molar refractivity (Wildman–Crippen MR) is 102 cm³/mol. The van der Waals surface area contributed by atoms with E-state index in [0.29, 0.717) is 18.9 Å². The summed E-state index contributed by atoms with van der Waals surface area (Å²) >= 11 is 6.83. The number of carbonyl (C=O) groups excluding carboxylic acids is 1. The molecule has 0 aromatic heterocycles. The van der Waals surface area contributed by atoms with E-state index in [1.54, 1.807) is 19.1 Å². The van der Waals surface area contributed by atoms with Crippen molar-refractivity contribution in [1.29, 1.82) is 0 Å². The van der Waals surface area contributed by atoms with Crippen molar-refractivity contribution in [3.05, 3.63) is 52.3 Å². The van der Waals surface area contributed by atoms with Gasteiger partial charge >= 0.3 is 179 Å². The van der Waals surface area contributed by atoms with Gasteiger partial charge in [-0.15, -0.1) is 0 Å². The first kappa shape index (κ1) is 24.6. The first-order chi connectivity index (χ1) is 13.0.